The van der Waals surface area contributed by atoms with Crippen LogP contribution >= 0.6 is 0 Å². The Kier molecular flexibility index (Phi) is 11.1. The Bertz CT molecular complexity index is 502. The third kappa shape index (κ3) is 9.87. The molecule has 27 heavy (non-hydrogen) atoms. The maximum absolute atomic E-state index is 11.9. The summed E-state index contributed by atoms with van der Waals surface area (Å²) < 4.78 is 16.5. The number of hydrogen-bond acceptors (Lipinski definition) is 5. The standard InChI is InChI=1S/C22H35NO4/c1-2-25-21(24)17-19(10-7-11-20-12-8-14-23-18-20)9-3-5-15-26-22-13-4-6-16-27-22/h8,12,14,18-19,22H,2-7,9-11,13,15-17H2,1H3. The van der Waals surface area contributed by atoms with Crippen molar-refractivity contribution in [3.8, 4) is 0 Å². The summed E-state index contributed by atoms with van der Waals surface area (Å²) in [7, 11) is 0. The molecule has 0 aliphatic carbocycles. The van der Waals surface area contributed by atoms with Gasteiger partial charge in [-0.15, -0.1) is 0 Å². The van der Waals surface area contributed by atoms with Crippen LogP contribution in [0.1, 0.15) is 70.3 Å². The summed E-state index contributed by atoms with van der Waals surface area (Å²) >= 11 is 0. The van der Waals surface area contributed by atoms with Crippen LogP contribution in [-0.2, 0) is 25.4 Å². The first kappa shape index (κ1) is 21.8. The van der Waals surface area contributed by atoms with E-state index in [1.54, 1.807) is 6.20 Å². The van der Waals surface area contributed by atoms with Crippen LogP contribution in [0.4, 0.5) is 0 Å². The van der Waals surface area contributed by atoms with Gasteiger partial charge < -0.3 is 14.2 Å². The number of nitrogens with zero attached hydrogens (tertiary/aromatic N) is 1. The van der Waals surface area contributed by atoms with Crippen LogP contribution in [0.2, 0.25) is 0 Å². The van der Waals surface area contributed by atoms with Crippen molar-refractivity contribution >= 4 is 5.97 Å². The maximum Gasteiger partial charge on any atom is 0.306 e. The number of carbonyl (C=O) groups excluding carboxylic acids is 1. The molecule has 2 unspecified atom stereocenters. The largest absolute Gasteiger partial charge is 0.466 e. The highest BCUT2D eigenvalue weighted by Gasteiger charge is 2.16. The highest BCUT2D eigenvalue weighted by Crippen LogP contribution is 2.21. The molecule has 1 aromatic heterocycles. The molecule has 2 heterocycles. The van der Waals surface area contributed by atoms with Crippen LogP contribution in [0, 0.1) is 5.92 Å². The normalized spacial score (nSPS) is 18.2. The van der Waals surface area contributed by atoms with Crippen LogP contribution in [0.15, 0.2) is 24.5 Å². The number of pyridine rings is 1. The molecule has 1 aromatic rings. The molecule has 152 valence electrons. The van der Waals surface area contributed by atoms with Gasteiger partial charge in [0.1, 0.15) is 0 Å². The molecule has 1 aliphatic heterocycles. The molecule has 1 saturated heterocycles. The van der Waals surface area contributed by atoms with Gasteiger partial charge in [-0.3, -0.25) is 9.78 Å². The molecule has 2 rings (SSSR count). The zero-order valence-corrected chi connectivity index (χ0v) is 16.7. The maximum atomic E-state index is 11.9. The SMILES string of the molecule is CCOC(=O)CC(CCCCOC1CCCCO1)CCCc1cccnc1. The van der Waals surface area contributed by atoms with Gasteiger partial charge in [0.2, 0.25) is 0 Å². The predicted molar refractivity (Wildman–Crippen MR) is 105 cm³/mol. The van der Waals surface area contributed by atoms with Crippen LogP contribution in [0.25, 0.3) is 0 Å². The quantitative estimate of drug-likeness (QED) is 0.369. The Morgan fingerprint density at radius 1 is 1.30 bits per heavy atom. The van der Waals surface area contributed by atoms with Gasteiger partial charge in [0.25, 0.3) is 0 Å². The van der Waals surface area contributed by atoms with Crippen molar-refractivity contribution in [1.29, 1.82) is 0 Å². The summed E-state index contributed by atoms with van der Waals surface area (Å²) in [6.45, 7) is 3.88. The predicted octanol–water partition coefficient (Wildman–Crippen LogP) is 4.69. The van der Waals surface area contributed by atoms with E-state index in [-0.39, 0.29) is 12.3 Å². The molecule has 5 heteroatoms. The second-order valence-electron chi connectivity index (χ2n) is 7.29. The third-order valence-electron chi connectivity index (χ3n) is 5.01. The monoisotopic (exact) mass is 377 g/mol. The number of carbonyl (C=O) groups is 1. The lowest BCUT2D eigenvalue weighted by Gasteiger charge is -2.22. The number of esters is 1. The Labute approximate surface area is 163 Å². The van der Waals surface area contributed by atoms with E-state index >= 15 is 0 Å². The van der Waals surface area contributed by atoms with Gasteiger partial charge in [-0.05, 0) is 75.8 Å². The number of hydrogen-bond donors (Lipinski definition) is 0. The van der Waals surface area contributed by atoms with Crippen molar-refractivity contribution in [2.75, 3.05) is 19.8 Å². The molecule has 2 atom stereocenters. The van der Waals surface area contributed by atoms with Crippen LogP contribution < -0.4 is 0 Å². The summed E-state index contributed by atoms with van der Waals surface area (Å²) in [4.78, 5) is 16.1. The number of aromatic nitrogens is 1. The molecule has 0 N–H and O–H groups in total. The third-order valence-corrected chi connectivity index (χ3v) is 5.01. The van der Waals surface area contributed by atoms with Crippen molar-refractivity contribution < 1.29 is 19.0 Å². The minimum atomic E-state index is -0.0734. The minimum absolute atomic E-state index is 0.00596. The second-order valence-corrected chi connectivity index (χ2v) is 7.29. The van der Waals surface area contributed by atoms with E-state index in [0.717, 1.165) is 64.6 Å². The van der Waals surface area contributed by atoms with Gasteiger partial charge in [0.05, 0.1) is 6.61 Å². The first-order valence-electron chi connectivity index (χ1n) is 10.6. The summed E-state index contributed by atoms with van der Waals surface area (Å²) in [5, 5.41) is 0. The van der Waals surface area contributed by atoms with E-state index < -0.39 is 0 Å². The topological polar surface area (TPSA) is 57.7 Å². The highest BCUT2D eigenvalue weighted by atomic mass is 16.7. The highest BCUT2D eigenvalue weighted by molar-refractivity contribution is 5.69. The Morgan fingerprint density at radius 2 is 2.19 bits per heavy atom. The Morgan fingerprint density at radius 3 is 2.93 bits per heavy atom. The number of unbranched alkanes of at least 4 members (excludes halogenated alkanes) is 1. The van der Waals surface area contributed by atoms with E-state index in [4.69, 9.17) is 14.2 Å². The number of ether oxygens (including phenoxy) is 3. The number of rotatable bonds is 13. The summed E-state index contributed by atoms with van der Waals surface area (Å²) in [6, 6.07) is 4.08. The Balaban J connectivity index is 1.64. The Hall–Kier alpha value is -1.46. The summed E-state index contributed by atoms with van der Waals surface area (Å²) in [5.41, 5.74) is 1.26. The van der Waals surface area contributed by atoms with Gasteiger partial charge in [-0.2, -0.15) is 0 Å². The van der Waals surface area contributed by atoms with E-state index in [2.05, 4.69) is 11.1 Å². The first-order chi connectivity index (χ1) is 13.3. The van der Waals surface area contributed by atoms with Crippen LogP contribution in [-0.4, -0.2) is 37.1 Å². The molecule has 0 saturated carbocycles. The summed E-state index contributed by atoms with van der Waals surface area (Å²) in [5.74, 6) is 0.308. The van der Waals surface area contributed by atoms with Gasteiger partial charge in [0.15, 0.2) is 6.29 Å². The van der Waals surface area contributed by atoms with Gasteiger partial charge in [-0.25, -0.2) is 0 Å². The molecule has 0 amide bonds. The fourth-order valence-corrected chi connectivity index (χ4v) is 3.54. The lowest BCUT2D eigenvalue weighted by atomic mass is 9.92. The zero-order valence-electron chi connectivity index (χ0n) is 16.7. The lowest BCUT2D eigenvalue weighted by molar-refractivity contribution is -0.162. The zero-order chi connectivity index (χ0) is 19.2. The fourth-order valence-electron chi connectivity index (χ4n) is 3.54. The molecule has 0 radical (unpaired) electrons. The molecule has 0 spiro atoms. The van der Waals surface area contributed by atoms with Crippen molar-refractivity contribution in [3.05, 3.63) is 30.1 Å². The van der Waals surface area contributed by atoms with Crippen molar-refractivity contribution in [3.63, 3.8) is 0 Å². The molecule has 0 bridgehead atoms. The van der Waals surface area contributed by atoms with Crippen molar-refractivity contribution in [2.45, 2.75) is 77.4 Å². The van der Waals surface area contributed by atoms with E-state index in [9.17, 15) is 4.79 Å². The average Bonchev–Trinajstić information content (AvgIpc) is 2.69. The second kappa shape index (κ2) is 13.7. The molecule has 0 aromatic carbocycles. The van der Waals surface area contributed by atoms with Crippen molar-refractivity contribution in [2.24, 2.45) is 5.92 Å². The molecule has 5 nitrogen and oxygen atoms in total. The van der Waals surface area contributed by atoms with E-state index in [0.29, 0.717) is 18.9 Å². The number of aryl methyl sites for hydroxylation is 1. The van der Waals surface area contributed by atoms with Crippen LogP contribution in [0.3, 0.4) is 0 Å². The van der Waals surface area contributed by atoms with E-state index in [1.165, 1.54) is 12.0 Å². The van der Waals surface area contributed by atoms with Gasteiger partial charge >= 0.3 is 5.97 Å². The molecule has 1 aliphatic rings. The van der Waals surface area contributed by atoms with Crippen molar-refractivity contribution in [1.82, 2.24) is 4.98 Å². The molecular weight excluding hydrogens is 342 g/mol. The first-order valence-corrected chi connectivity index (χ1v) is 10.6. The van der Waals surface area contributed by atoms with Gasteiger partial charge in [0, 0.05) is 32.0 Å². The van der Waals surface area contributed by atoms with Crippen LogP contribution in [0.5, 0.6) is 0 Å². The average molecular weight is 378 g/mol. The molecular formula is C22H35NO4. The smallest absolute Gasteiger partial charge is 0.306 e. The van der Waals surface area contributed by atoms with E-state index in [1.807, 2.05) is 19.2 Å². The fraction of sp³-hybridized carbons (Fsp3) is 0.727. The van der Waals surface area contributed by atoms with Gasteiger partial charge in [-0.1, -0.05) is 12.5 Å². The summed E-state index contributed by atoms with van der Waals surface area (Å²) in [6.07, 6.45) is 13.8. The molecule has 1 fully saturated rings. The lowest BCUT2D eigenvalue weighted by Crippen LogP contribution is -2.22. The minimum Gasteiger partial charge on any atom is -0.466 e.